The average molecular weight is 254 g/mol. The molecule has 0 radical (unpaired) electrons. The number of hydrogen-bond donors (Lipinski definition) is 2. The van der Waals surface area contributed by atoms with Gasteiger partial charge in [0.1, 0.15) is 5.52 Å². The summed E-state index contributed by atoms with van der Waals surface area (Å²) in [7, 11) is 0. The summed E-state index contributed by atoms with van der Waals surface area (Å²) < 4.78 is 5.57. The first-order valence-electron chi connectivity index (χ1n) is 6.10. The van der Waals surface area contributed by atoms with Crippen LogP contribution in [0, 0.1) is 0 Å². The van der Waals surface area contributed by atoms with E-state index < -0.39 is 0 Å². The number of anilines is 2. The van der Waals surface area contributed by atoms with Gasteiger partial charge in [0.25, 0.3) is 6.01 Å². The van der Waals surface area contributed by atoms with Gasteiger partial charge in [-0.15, -0.1) is 0 Å². The van der Waals surface area contributed by atoms with Crippen molar-refractivity contribution in [1.82, 2.24) is 9.97 Å². The van der Waals surface area contributed by atoms with Gasteiger partial charge in [-0.05, 0) is 42.3 Å². The Morgan fingerprint density at radius 1 is 1.16 bits per heavy atom. The number of nitrogens with two attached hydrogens (primary N) is 1. The van der Waals surface area contributed by atoms with Crippen molar-refractivity contribution in [2.24, 2.45) is 0 Å². The van der Waals surface area contributed by atoms with Crippen LogP contribution in [0.15, 0.2) is 47.1 Å². The van der Waals surface area contributed by atoms with Gasteiger partial charge in [0, 0.05) is 24.6 Å². The molecule has 0 unspecified atom stereocenters. The third-order valence-corrected chi connectivity index (χ3v) is 2.85. The number of fused-ring (bicyclic) bond motifs is 1. The van der Waals surface area contributed by atoms with Crippen molar-refractivity contribution in [2.75, 3.05) is 17.6 Å². The molecule has 0 saturated carbocycles. The third kappa shape index (κ3) is 2.65. The van der Waals surface area contributed by atoms with Crippen LogP contribution in [-0.4, -0.2) is 16.5 Å². The van der Waals surface area contributed by atoms with Gasteiger partial charge in [-0.3, -0.25) is 4.98 Å². The van der Waals surface area contributed by atoms with E-state index in [1.807, 2.05) is 18.2 Å². The number of oxazole rings is 1. The topological polar surface area (TPSA) is 77.0 Å². The summed E-state index contributed by atoms with van der Waals surface area (Å²) >= 11 is 0. The SMILES string of the molecule is Nc1ccc2oc(NCCc3ccncc3)nc2c1. The van der Waals surface area contributed by atoms with E-state index in [0.717, 1.165) is 24.1 Å². The largest absolute Gasteiger partial charge is 0.424 e. The van der Waals surface area contributed by atoms with E-state index in [1.54, 1.807) is 24.5 Å². The lowest BCUT2D eigenvalue weighted by atomic mass is 10.2. The third-order valence-electron chi connectivity index (χ3n) is 2.85. The van der Waals surface area contributed by atoms with E-state index in [9.17, 15) is 0 Å². The molecule has 0 aliphatic heterocycles. The van der Waals surface area contributed by atoms with E-state index in [-0.39, 0.29) is 0 Å². The fraction of sp³-hybridized carbons (Fsp3) is 0.143. The minimum Gasteiger partial charge on any atom is -0.424 e. The molecule has 0 bridgehead atoms. The molecule has 0 saturated heterocycles. The maximum absolute atomic E-state index is 5.70. The fourth-order valence-electron chi connectivity index (χ4n) is 1.88. The second-order valence-electron chi connectivity index (χ2n) is 4.28. The van der Waals surface area contributed by atoms with Crippen molar-refractivity contribution in [3.8, 4) is 0 Å². The van der Waals surface area contributed by atoms with E-state index in [0.29, 0.717) is 11.7 Å². The van der Waals surface area contributed by atoms with E-state index in [2.05, 4.69) is 15.3 Å². The van der Waals surface area contributed by atoms with Gasteiger partial charge in [-0.25, -0.2) is 0 Å². The molecule has 5 heteroatoms. The molecule has 96 valence electrons. The minimum absolute atomic E-state index is 0.523. The predicted octanol–water partition coefficient (Wildman–Crippen LogP) is 2.46. The first-order chi connectivity index (χ1) is 9.31. The van der Waals surface area contributed by atoms with E-state index in [1.165, 1.54) is 5.56 Å². The second kappa shape index (κ2) is 4.97. The van der Waals surface area contributed by atoms with Gasteiger partial charge >= 0.3 is 0 Å². The molecule has 0 aliphatic rings. The van der Waals surface area contributed by atoms with E-state index in [4.69, 9.17) is 10.2 Å². The van der Waals surface area contributed by atoms with Crippen molar-refractivity contribution >= 4 is 22.8 Å². The predicted molar refractivity (Wildman–Crippen MR) is 74.9 cm³/mol. The first-order valence-corrected chi connectivity index (χ1v) is 6.10. The van der Waals surface area contributed by atoms with Crippen molar-refractivity contribution < 1.29 is 4.42 Å². The van der Waals surface area contributed by atoms with Crippen LogP contribution in [-0.2, 0) is 6.42 Å². The molecule has 5 nitrogen and oxygen atoms in total. The van der Waals surface area contributed by atoms with Crippen LogP contribution in [0.1, 0.15) is 5.56 Å². The highest BCUT2D eigenvalue weighted by Crippen LogP contribution is 2.20. The molecule has 3 N–H and O–H groups in total. The Bertz CT molecular complexity index is 678. The fourth-order valence-corrected chi connectivity index (χ4v) is 1.88. The van der Waals surface area contributed by atoms with Gasteiger partial charge in [-0.1, -0.05) is 0 Å². The summed E-state index contributed by atoms with van der Waals surface area (Å²) in [5.41, 5.74) is 9.12. The molecule has 2 heterocycles. The molecule has 0 spiro atoms. The monoisotopic (exact) mass is 254 g/mol. The van der Waals surface area contributed by atoms with Gasteiger partial charge in [0.05, 0.1) is 0 Å². The van der Waals surface area contributed by atoms with Crippen LogP contribution in [0.5, 0.6) is 0 Å². The lowest BCUT2D eigenvalue weighted by molar-refractivity contribution is 0.614. The van der Waals surface area contributed by atoms with Crippen molar-refractivity contribution in [2.45, 2.75) is 6.42 Å². The van der Waals surface area contributed by atoms with Gasteiger partial charge in [0.15, 0.2) is 5.58 Å². The van der Waals surface area contributed by atoms with Gasteiger partial charge in [0.2, 0.25) is 0 Å². The van der Waals surface area contributed by atoms with Crippen LogP contribution >= 0.6 is 0 Å². The summed E-state index contributed by atoms with van der Waals surface area (Å²) in [6.07, 6.45) is 4.47. The molecule has 2 aromatic heterocycles. The number of hydrogen-bond acceptors (Lipinski definition) is 5. The van der Waals surface area contributed by atoms with Crippen LogP contribution in [0.2, 0.25) is 0 Å². The zero-order valence-electron chi connectivity index (χ0n) is 10.3. The lowest BCUT2D eigenvalue weighted by Gasteiger charge is -2.01. The maximum atomic E-state index is 5.70. The first kappa shape index (κ1) is 11.5. The summed E-state index contributed by atoms with van der Waals surface area (Å²) in [6, 6.07) is 9.94. The zero-order chi connectivity index (χ0) is 13.1. The number of nitrogens with one attached hydrogen (secondary N) is 1. The Balaban J connectivity index is 1.65. The Morgan fingerprint density at radius 3 is 2.84 bits per heavy atom. The summed E-state index contributed by atoms with van der Waals surface area (Å²) in [5, 5.41) is 3.16. The second-order valence-corrected chi connectivity index (χ2v) is 4.28. The quantitative estimate of drug-likeness (QED) is 0.699. The highest BCUT2D eigenvalue weighted by Gasteiger charge is 2.05. The molecular formula is C14H14N4O. The molecular weight excluding hydrogens is 240 g/mol. The summed E-state index contributed by atoms with van der Waals surface area (Å²) in [6.45, 7) is 0.756. The summed E-state index contributed by atoms with van der Waals surface area (Å²) in [5.74, 6) is 0. The van der Waals surface area contributed by atoms with Crippen LogP contribution in [0.4, 0.5) is 11.7 Å². The van der Waals surface area contributed by atoms with Crippen molar-refractivity contribution in [1.29, 1.82) is 0 Å². The van der Waals surface area contributed by atoms with E-state index >= 15 is 0 Å². The Kier molecular flexibility index (Phi) is 3.02. The number of aromatic nitrogens is 2. The maximum Gasteiger partial charge on any atom is 0.295 e. The van der Waals surface area contributed by atoms with Gasteiger partial charge < -0.3 is 15.5 Å². The molecule has 0 atom stereocenters. The number of benzene rings is 1. The lowest BCUT2D eigenvalue weighted by Crippen LogP contribution is -2.04. The van der Waals surface area contributed by atoms with Crippen LogP contribution in [0.3, 0.4) is 0 Å². The number of rotatable bonds is 4. The summed E-state index contributed by atoms with van der Waals surface area (Å²) in [4.78, 5) is 8.32. The molecule has 3 rings (SSSR count). The molecule has 0 aliphatic carbocycles. The Hall–Kier alpha value is -2.56. The normalized spacial score (nSPS) is 10.7. The molecule has 19 heavy (non-hydrogen) atoms. The number of nitrogens with zero attached hydrogens (tertiary/aromatic N) is 2. The average Bonchev–Trinajstić information content (AvgIpc) is 2.82. The number of pyridine rings is 1. The molecule has 3 aromatic rings. The number of nitrogen functional groups attached to an aromatic ring is 1. The molecule has 0 amide bonds. The molecule has 1 aromatic carbocycles. The highest BCUT2D eigenvalue weighted by molar-refractivity contribution is 5.78. The van der Waals surface area contributed by atoms with Gasteiger partial charge in [-0.2, -0.15) is 4.98 Å². The van der Waals surface area contributed by atoms with Crippen LogP contribution < -0.4 is 11.1 Å². The minimum atomic E-state index is 0.523. The smallest absolute Gasteiger partial charge is 0.295 e. The Labute approximate surface area is 110 Å². The highest BCUT2D eigenvalue weighted by atomic mass is 16.4. The Morgan fingerprint density at radius 2 is 2.00 bits per heavy atom. The standard InChI is InChI=1S/C14H14N4O/c15-11-1-2-13-12(9-11)18-14(19-13)17-8-5-10-3-6-16-7-4-10/h1-4,6-7,9H,5,8,15H2,(H,17,18). The van der Waals surface area contributed by atoms with Crippen LogP contribution in [0.25, 0.3) is 11.1 Å². The van der Waals surface area contributed by atoms with Crippen molar-refractivity contribution in [3.63, 3.8) is 0 Å². The van der Waals surface area contributed by atoms with Crippen molar-refractivity contribution in [3.05, 3.63) is 48.3 Å². The zero-order valence-corrected chi connectivity index (χ0v) is 10.3. The molecule has 0 fully saturated rings.